The molecule has 4 atom stereocenters. The second-order valence-corrected chi connectivity index (χ2v) is 19.0. The van der Waals surface area contributed by atoms with E-state index in [4.69, 9.17) is 18.9 Å². The first-order chi connectivity index (χ1) is 34.8. The fourth-order valence-electron chi connectivity index (χ4n) is 10.3. The van der Waals surface area contributed by atoms with Gasteiger partial charge in [-0.15, -0.1) is 0 Å². The molecule has 4 aromatic rings. The number of hydrogen-bond acceptors (Lipinski definition) is 12. The highest BCUT2D eigenvalue weighted by Gasteiger charge is 2.43. The van der Waals surface area contributed by atoms with Gasteiger partial charge in [-0.25, -0.2) is 27.2 Å². The lowest BCUT2D eigenvalue weighted by Gasteiger charge is -2.43. The molecule has 8 rings (SSSR count). The first-order valence-corrected chi connectivity index (χ1v) is 24.8. The van der Waals surface area contributed by atoms with Gasteiger partial charge in [0.15, 0.2) is 12.2 Å². The molecule has 4 fully saturated rings. The third-order valence-corrected chi connectivity index (χ3v) is 14.4. The van der Waals surface area contributed by atoms with Crippen LogP contribution in [0.1, 0.15) is 85.8 Å². The molecule has 4 aliphatic heterocycles. The normalized spacial score (nSPS) is 19.7. The van der Waals surface area contributed by atoms with E-state index in [0.29, 0.717) is 102 Å². The van der Waals surface area contributed by atoms with Crippen LogP contribution in [-0.4, -0.2) is 143 Å². The molecular weight excluding hydrogens is 941 g/mol. The molecular formula is C54H62F4N4O10. The van der Waals surface area contributed by atoms with Crippen LogP contribution in [-0.2, 0) is 51.2 Å². The average Bonchev–Trinajstić information content (AvgIpc) is 3.41. The minimum absolute atomic E-state index is 0.0181. The number of aliphatic hydroxyl groups is 2. The summed E-state index contributed by atoms with van der Waals surface area (Å²) in [5.41, 5.74) is 1.18. The van der Waals surface area contributed by atoms with Crippen LogP contribution in [0.3, 0.4) is 0 Å². The highest BCUT2D eigenvalue weighted by Crippen LogP contribution is 2.32. The van der Waals surface area contributed by atoms with Crippen molar-refractivity contribution in [2.45, 2.75) is 113 Å². The van der Waals surface area contributed by atoms with E-state index in [1.165, 1.54) is 82.6 Å². The molecule has 4 heterocycles. The van der Waals surface area contributed by atoms with Crippen LogP contribution in [0.5, 0.6) is 0 Å². The number of benzene rings is 4. The molecule has 2 N–H and O–H groups in total. The average molecular weight is 1000 g/mol. The van der Waals surface area contributed by atoms with Crippen LogP contribution in [0.4, 0.5) is 17.6 Å². The van der Waals surface area contributed by atoms with E-state index >= 15 is 0 Å². The third-order valence-electron chi connectivity index (χ3n) is 14.4. The Bertz CT molecular complexity index is 2240. The summed E-state index contributed by atoms with van der Waals surface area (Å²) < 4.78 is 79.3. The number of hydrogen-bond donors (Lipinski definition) is 2. The summed E-state index contributed by atoms with van der Waals surface area (Å²) in [6, 6.07) is 20.2. The monoisotopic (exact) mass is 1000 g/mol. The van der Waals surface area contributed by atoms with Crippen LogP contribution in [0.25, 0.3) is 0 Å². The molecule has 386 valence electrons. The Labute approximate surface area is 416 Å². The van der Waals surface area contributed by atoms with E-state index in [-0.39, 0.29) is 24.2 Å². The topological polar surface area (TPSA) is 159 Å². The van der Waals surface area contributed by atoms with Crippen molar-refractivity contribution < 1.29 is 65.9 Å². The Hall–Kier alpha value is -5.76. The lowest BCUT2D eigenvalue weighted by molar-refractivity contribution is -0.184. The van der Waals surface area contributed by atoms with Crippen LogP contribution in [0, 0.1) is 23.3 Å². The largest absolute Gasteiger partial charge is 0.445 e. The molecule has 0 saturated carbocycles. The number of ether oxygens (including phenoxy) is 4. The number of rotatable bonds is 17. The van der Waals surface area contributed by atoms with Crippen molar-refractivity contribution in [1.29, 1.82) is 0 Å². The number of nitrogens with zero attached hydrogens (tertiary/aromatic N) is 4. The molecule has 72 heavy (non-hydrogen) atoms. The van der Waals surface area contributed by atoms with Gasteiger partial charge in [0.05, 0.1) is 0 Å². The van der Waals surface area contributed by atoms with Gasteiger partial charge in [0.25, 0.3) is 11.8 Å². The number of esters is 2. The number of halogens is 4. The number of likely N-dealkylation sites (tertiary alicyclic amines) is 2. The molecule has 14 nitrogen and oxygen atoms in total. The predicted octanol–water partition coefficient (Wildman–Crippen LogP) is 6.18. The smallest absolute Gasteiger partial charge is 0.339 e. The van der Waals surface area contributed by atoms with Gasteiger partial charge < -0.3 is 48.8 Å². The second-order valence-electron chi connectivity index (χ2n) is 19.0. The maximum absolute atomic E-state index is 14.9. The molecule has 0 spiro atoms. The summed E-state index contributed by atoms with van der Waals surface area (Å²) in [5.74, 6) is -7.01. The Kier molecular flexibility index (Phi) is 18.1. The van der Waals surface area contributed by atoms with Crippen molar-refractivity contribution >= 4 is 23.8 Å². The van der Waals surface area contributed by atoms with Crippen LogP contribution in [0.15, 0.2) is 97.1 Å². The molecule has 0 radical (unpaired) electrons. The number of piperidine rings is 2. The minimum Gasteiger partial charge on any atom is -0.445 e. The van der Waals surface area contributed by atoms with Crippen molar-refractivity contribution in [3.05, 3.63) is 143 Å². The van der Waals surface area contributed by atoms with E-state index < -0.39 is 83.5 Å². The molecule has 2 amide bonds. The van der Waals surface area contributed by atoms with Gasteiger partial charge in [-0.05, 0) is 111 Å². The van der Waals surface area contributed by atoms with E-state index in [9.17, 15) is 47.0 Å². The Morgan fingerprint density at radius 3 is 1.08 bits per heavy atom. The second kappa shape index (κ2) is 24.8. The van der Waals surface area contributed by atoms with Crippen LogP contribution >= 0.6 is 0 Å². The van der Waals surface area contributed by atoms with E-state index in [1.54, 1.807) is 0 Å². The molecule has 4 saturated heterocycles. The van der Waals surface area contributed by atoms with Gasteiger partial charge in [0.1, 0.15) is 23.3 Å². The summed E-state index contributed by atoms with van der Waals surface area (Å²) in [5, 5.41) is 22.7. The van der Waals surface area contributed by atoms with Gasteiger partial charge in [-0.3, -0.25) is 9.59 Å². The zero-order chi connectivity index (χ0) is 50.7. The fraction of sp³-hybridized carbons (Fsp3) is 0.481. The van der Waals surface area contributed by atoms with Gasteiger partial charge in [-0.2, -0.15) is 0 Å². The SMILES string of the molecule is O=C(OC(C(=O)N(Cc1ccc(F)cc1)C1CCN(C2CCOCC2)CC1)c1ccc(F)cc1)C(O)C(O)C(=O)OC(C(=O)N(Cc1ccc(F)cc1)C1CCN(C2CCOCC2)CC1)c1ccc(F)cc1. The summed E-state index contributed by atoms with van der Waals surface area (Å²) in [4.78, 5) is 65.5. The van der Waals surface area contributed by atoms with Crippen molar-refractivity contribution in [2.24, 2.45) is 0 Å². The summed E-state index contributed by atoms with van der Waals surface area (Å²) in [6.07, 6.45) is -3.34. The maximum atomic E-state index is 14.9. The van der Waals surface area contributed by atoms with Gasteiger partial charge in [0.2, 0.25) is 12.2 Å². The zero-order valence-electron chi connectivity index (χ0n) is 40.0. The molecule has 0 bridgehead atoms. The van der Waals surface area contributed by atoms with Crippen LogP contribution in [0.2, 0.25) is 0 Å². The minimum atomic E-state index is -2.67. The van der Waals surface area contributed by atoms with Crippen molar-refractivity contribution in [2.75, 3.05) is 52.6 Å². The van der Waals surface area contributed by atoms with E-state index in [2.05, 4.69) is 9.80 Å². The summed E-state index contributed by atoms with van der Waals surface area (Å²) in [7, 11) is 0. The standard InChI is InChI=1S/C54H62F4N4O10/c55-39-9-1-35(2-10-39)33-61(45-17-25-59(26-18-45)43-21-29-69-30-22-43)51(65)49(37-5-13-41(57)14-6-37)71-53(67)47(63)48(64)54(68)72-50(38-7-15-42(58)16-8-38)52(66)62(34-36-3-11-40(56)12-4-36)46-19-27-60(28-20-46)44-23-31-70-32-24-44/h1-16,43-50,63-64H,17-34H2. The molecule has 4 unspecified atom stereocenters. The van der Waals surface area contributed by atoms with Crippen molar-refractivity contribution in [3.63, 3.8) is 0 Å². The predicted molar refractivity (Wildman–Crippen MR) is 253 cm³/mol. The van der Waals surface area contributed by atoms with E-state index in [1.807, 2.05) is 0 Å². The van der Waals surface area contributed by atoms with Gasteiger partial charge in [0, 0.05) is 101 Å². The first kappa shape index (κ1) is 52.6. The summed E-state index contributed by atoms with van der Waals surface area (Å²) in [6.45, 7) is 5.17. The zero-order valence-corrected chi connectivity index (χ0v) is 40.0. The number of carbonyl (C=O) groups is 4. The van der Waals surface area contributed by atoms with Crippen LogP contribution < -0.4 is 0 Å². The highest BCUT2D eigenvalue weighted by atomic mass is 19.1. The molecule has 0 aromatic heterocycles. The maximum Gasteiger partial charge on any atom is 0.339 e. The highest BCUT2D eigenvalue weighted by molar-refractivity contribution is 5.91. The van der Waals surface area contributed by atoms with Crippen molar-refractivity contribution in [3.8, 4) is 0 Å². The summed E-state index contributed by atoms with van der Waals surface area (Å²) >= 11 is 0. The lowest BCUT2D eigenvalue weighted by Crippen LogP contribution is -2.52. The third kappa shape index (κ3) is 13.4. The first-order valence-electron chi connectivity index (χ1n) is 24.8. The van der Waals surface area contributed by atoms with Gasteiger partial charge in [-0.1, -0.05) is 48.5 Å². The molecule has 18 heteroatoms. The Morgan fingerprint density at radius 1 is 0.486 bits per heavy atom. The molecule has 4 aromatic carbocycles. The number of amides is 2. The number of carbonyl (C=O) groups excluding carboxylic acids is 4. The number of aliphatic hydroxyl groups excluding tert-OH is 2. The Balaban J connectivity index is 1.01. The van der Waals surface area contributed by atoms with E-state index in [0.717, 1.165) is 49.9 Å². The lowest BCUT2D eigenvalue weighted by atomic mass is 9.97. The fourth-order valence-corrected chi connectivity index (χ4v) is 10.3. The quantitative estimate of drug-likeness (QED) is 0.0917. The Morgan fingerprint density at radius 2 is 0.778 bits per heavy atom. The molecule has 4 aliphatic rings. The van der Waals surface area contributed by atoms with Crippen molar-refractivity contribution in [1.82, 2.24) is 19.6 Å². The van der Waals surface area contributed by atoms with Gasteiger partial charge >= 0.3 is 11.9 Å². The molecule has 0 aliphatic carbocycles.